The van der Waals surface area contributed by atoms with Crippen LogP contribution in [0.1, 0.15) is 17.2 Å². The van der Waals surface area contributed by atoms with Crippen molar-refractivity contribution in [2.45, 2.75) is 18.6 Å². The SMILES string of the molecule is FC(F)(F)CONC(Cc1ccccc1)c1ccccc1. The van der Waals surface area contributed by atoms with Crippen molar-refractivity contribution in [3.63, 3.8) is 0 Å². The second-order valence-electron chi connectivity index (χ2n) is 4.67. The van der Waals surface area contributed by atoms with Gasteiger partial charge >= 0.3 is 6.18 Å². The minimum absolute atomic E-state index is 0.337. The molecule has 0 aromatic heterocycles. The van der Waals surface area contributed by atoms with Crippen LogP contribution < -0.4 is 5.48 Å². The van der Waals surface area contributed by atoms with E-state index in [0.29, 0.717) is 6.42 Å². The van der Waals surface area contributed by atoms with E-state index in [9.17, 15) is 13.2 Å². The van der Waals surface area contributed by atoms with Gasteiger partial charge in [0.2, 0.25) is 0 Å². The Morgan fingerprint density at radius 3 is 2.05 bits per heavy atom. The number of hydrogen-bond donors (Lipinski definition) is 1. The summed E-state index contributed by atoms with van der Waals surface area (Å²) in [6, 6.07) is 18.5. The van der Waals surface area contributed by atoms with E-state index in [-0.39, 0.29) is 6.04 Å². The van der Waals surface area contributed by atoms with Crippen LogP contribution in [0.15, 0.2) is 60.7 Å². The van der Waals surface area contributed by atoms with Crippen LogP contribution in [-0.4, -0.2) is 12.8 Å². The Bertz CT molecular complexity index is 528. The predicted octanol–water partition coefficient (Wildman–Crippen LogP) is 4.05. The van der Waals surface area contributed by atoms with Crippen molar-refractivity contribution in [3.05, 3.63) is 71.8 Å². The van der Waals surface area contributed by atoms with E-state index in [2.05, 4.69) is 10.3 Å². The van der Waals surface area contributed by atoms with Crippen LogP contribution in [0, 0.1) is 0 Å². The monoisotopic (exact) mass is 295 g/mol. The lowest BCUT2D eigenvalue weighted by molar-refractivity contribution is -0.193. The zero-order valence-electron chi connectivity index (χ0n) is 11.3. The number of nitrogens with one attached hydrogen (secondary N) is 1. The van der Waals surface area contributed by atoms with Crippen molar-refractivity contribution in [3.8, 4) is 0 Å². The molecule has 112 valence electrons. The van der Waals surface area contributed by atoms with Gasteiger partial charge in [-0.25, -0.2) is 0 Å². The Hall–Kier alpha value is -1.85. The van der Waals surface area contributed by atoms with E-state index in [1.54, 1.807) is 0 Å². The van der Waals surface area contributed by atoms with Gasteiger partial charge in [-0.3, -0.25) is 4.84 Å². The quantitative estimate of drug-likeness (QED) is 0.812. The molecule has 21 heavy (non-hydrogen) atoms. The summed E-state index contributed by atoms with van der Waals surface area (Å²) in [5.41, 5.74) is 4.42. The van der Waals surface area contributed by atoms with Gasteiger partial charge in [-0.05, 0) is 17.5 Å². The Morgan fingerprint density at radius 1 is 0.905 bits per heavy atom. The average Bonchev–Trinajstić information content (AvgIpc) is 2.47. The number of hydroxylamine groups is 1. The first-order chi connectivity index (χ1) is 10.0. The van der Waals surface area contributed by atoms with Crippen LogP contribution in [0.3, 0.4) is 0 Å². The van der Waals surface area contributed by atoms with E-state index in [4.69, 9.17) is 0 Å². The molecular weight excluding hydrogens is 279 g/mol. The highest BCUT2D eigenvalue weighted by Crippen LogP contribution is 2.20. The van der Waals surface area contributed by atoms with Gasteiger partial charge in [-0.15, -0.1) is 0 Å². The highest BCUT2D eigenvalue weighted by atomic mass is 19.4. The molecule has 5 heteroatoms. The summed E-state index contributed by atoms with van der Waals surface area (Å²) in [5.74, 6) is 0. The van der Waals surface area contributed by atoms with E-state index >= 15 is 0 Å². The first-order valence-electron chi connectivity index (χ1n) is 6.57. The van der Waals surface area contributed by atoms with Crippen LogP contribution in [0.25, 0.3) is 0 Å². The molecule has 0 aliphatic carbocycles. The molecule has 2 aromatic rings. The van der Waals surface area contributed by atoms with Crippen molar-refractivity contribution in [1.29, 1.82) is 0 Å². The topological polar surface area (TPSA) is 21.3 Å². The fourth-order valence-corrected chi connectivity index (χ4v) is 1.99. The van der Waals surface area contributed by atoms with Gasteiger partial charge in [0.1, 0.15) is 0 Å². The molecule has 0 heterocycles. The third-order valence-corrected chi connectivity index (χ3v) is 2.95. The van der Waals surface area contributed by atoms with Gasteiger partial charge in [0.05, 0.1) is 6.04 Å². The number of halogens is 3. The number of benzene rings is 2. The molecule has 0 fully saturated rings. The fraction of sp³-hybridized carbons (Fsp3) is 0.250. The summed E-state index contributed by atoms with van der Waals surface area (Å²) in [7, 11) is 0. The normalized spacial score (nSPS) is 13.1. The minimum atomic E-state index is -4.35. The van der Waals surface area contributed by atoms with Gasteiger partial charge < -0.3 is 0 Å². The summed E-state index contributed by atoms with van der Waals surface area (Å²) in [4.78, 5) is 4.61. The van der Waals surface area contributed by atoms with Crippen LogP contribution in [0.5, 0.6) is 0 Å². The maximum Gasteiger partial charge on any atom is 0.413 e. The number of rotatable bonds is 6. The summed E-state index contributed by atoms with van der Waals surface area (Å²) < 4.78 is 36.5. The smallest absolute Gasteiger partial charge is 0.292 e. The van der Waals surface area contributed by atoms with E-state index < -0.39 is 12.8 Å². The van der Waals surface area contributed by atoms with Crippen LogP contribution in [-0.2, 0) is 11.3 Å². The molecule has 0 bridgehead atoms. The lowest BCUT2D eigenvalue weighted by Crippen LogP contribution is -2.29. The maximum atomic E-state index is 12.2. The van der Waals surface area contributed by atoms with Gasteiger partial charge in [0.25, 0.3) is 0 Å². The summed E-state index contributed by atoms with van der Waals surface area (Å²) in [5, 5.41) is 0. The first kappa shape index (κ1) is 15.5. The molecule has 0 saturated heterocycles. The molecule has 1 N–H and O–H groups in total. The lowest BCUT2D eigenvalue weighted by Gasteiger charge is -2.19. The third-order valence-electron chi connectivity index (χ3n) is 2.95. The largest absolute Gasteiger partial charge is 0.413 e. The molecule has 2 rings (SSSR count). The molecule has 0 aliphatic rings. The van der Waals surface area contributed by atoms with Gasteiger partial charge in [0.15, 0.2) is 6.61 Å². The van der Waals surface area contributed by atoms with Gasteiger partial charge in [-0.1, -0.05) is 60.7 Å². The van der Waals surface area contributed by atoms with Crippen LogP contribution in [0.2, 0.25) is 0 Å². The molecule has 0 aliphatic heterocycles. The van der Waals surface area contributed by atoms with E-state index in [1.807, 2.05) is 60.7 Å². The molecule has 1 atom stereocenters. The zero-order valence-corrected chi connectivity index (χ0v) is 11.3. The highest BCUT2D eigenvalue weighted by molar-refractivity contribution is 5.23. The van der Waals surface area contributed by atoms with Crippen molar-refractivity contribution in [1.82, 2.24) is 5.48 Å². The standard InChI is InChI=1S/C16H16F3NO/c17-16(18,19)12-21-20-15(14-9-5-2-6-10-14)11-13-7-3-1-4-8-13/h1-10,15,20H,11-12H2. The van der Waals surface area contributed by atoms with Crippen molar-refractivity contribution in [2.24, 2.45) is 0 Å². The highest BCUT2D eigenvalue weighted by Gasteiger charge is 2.28. The summed E-state index contributed by atoms with van der Waals surface area (Å²) >= 11 is 0. The fourth-order valence-electron chi connectivity index (χ4n) is 1.99. The van der Waals surface area contributed by atoms with Crippen LogP contribution >= 0.6 is 0 Å². The molecule has 0 saturated carbocycles. The minimum Gasteiger partial charge on any atom is -0.292 e. The van der Waals surface area contributed by atoms with E-state index in [1.165, 1.54) is 0 Å². The summed E-state index contributed by atoms with van der Waals surface area (Å²) in [6.45, 7) is -1.31. The molecule has 0 amide bonds. The van der Waals surface area contributed by atoms with Crippen molar-refractivity contribution in [2.75, 3.05) is 6.61 Å². The Morgan fingerprint density at radius 2 is 1.48 bits per heavy atom. The van der Waals surface area contributed by atoms with Crippen molar-refractivity contribution >= 4 is 0 Å². The van der Waals surface area contributed by atoms with Crippen LogP contribution in [0.4, 0.5) is 13.2 Å². The molecule has 2 nitrogen and oxygen atoms in total. The number of hydrogen-bond acceptors (Lipinski definition) is 2. The predicted molar refractivity (Wildman–Crippen MR) is 74.5 cm³/mol. The molecule has 2 aromatic carbocycles. The molecule has 0 spiro atoms. The Labute approximate surface area is 121 Å². The van der Waals surface area contributed by atoms with Gasteiger partial charge in [-0.2, -0.15) is 18.7 Å². The lowest BCUT2D eigenvalue weighted by atomic mass is 10.00. The van der Waals surface area contributed by atoms with E-state index in [0.717, 1.165) is 11.1 Å². The number of alkyl halides is 3. The zero-order chi connectivity index (χ0) is 15.1. The Balaban J connectivity index is 2.04. The third kappa shape index (κ3) is 5.57. The molecule has 0 radical (unpaired) electrons. The van der Waals surface area contributed by atoms with Gasteiger partial charge in [0, 0.05) is 0 Å². The second kappa shape index (κ2) is 7.24. The first-order valence-corrected chi connectivity index (χ1v) is 6.57. The summed E-state index contributed by atoms with van der Waals surface area (Å²) in [6.07, 6.45) is -3.80. The molecule has 1 unspecified atom stereocenters. The average molecular weight is 295 g/mol. The second-order valence-corrected chi connectivity index (χ2v) is 4.67. The maximum absolute atomic E-state index is 12.2. The molecular formula is C16H16F3NO. The van der Waals surface area contributed by atoms with Crippen molar-refractivity contribution < 1.29 is 18.0 Å². The Kier molecular flexibility index (Phi) is 5.36.